The van der Waals surface area contributed by atoms with Crippen molar-refractivity contribution in [1.82, 2.24) is 4.90 Å². The molecule has 2 fully saturated rings. The quantitative estimate of drug-likeness (QED) is 0.0733. The van der Waals surface area contributed by atoms with Crippen LogP contribution in [0.1, 0.15) is 48.1 Å². The van der Waals surface area contributed by atoms with Gasteiger partial charge in [-0.2, -0.15) is 0 Å². The predicted molar refractivity (Wildman–Crippen MR) is 259 cm³/mol. The second-order valence-electron chi connectivity index (χ2n) is 16.7. The largest absolute Gasteiger partial charge is 0.363 e. The lowest BCUT2D eigenvalue weighted by Gasteiger charge is -2.58. The summed E-state index contributed by atoms with van der Waals surface area (Å²) < 4.78 is 4.33. The molecule has 11 rings (SSSR count). The molecule has 2 bridgehead atoms. The van der Waals surface area contributed by atoms with Gasteiger partial charge in [0, 0.05) is 28.8 Å². The van der Waals surface area contributed by atoms with Crippen LogP contribution in [-0.2, 0) is 4.08 Å². The number of benzene rings is 6. The molecular weight excluding hydrogens is 801 g/mol. The minimum absolute atomic E-state index is 0.0996. The van der Waals surface area contributed by atoms with Crippen molar-refractivity contribution in [3.63, 3.8) is 0 Å². The summed E-state index contributed by atoms with van der Waals surface area (Å²) in [5.41, 5.74) is 11.2. The SMILES string of the molecule is CN(C)C(=S)Sc1c2ccccc2c(/C=C2\C(Sc3ccccc3)=C(C=C3c4ccccc4C4(SC(=[N+](C)C)S4)c4ccccc43)[C@@H]3C[C@H]2C3(C)C)c2ccccc12. The van der Waals surface area contributed by atoms with E-state index in [0.717, 1.165) is 10.7 Å². The molecule has 288 valence electrons. The third-order valence-electron chi connectivity index (χ3n) is 12.6. The molecule has 1 aliphatic heterocycles. The van der Waals surface area contributed by atoms with Gasteiger partial charge in [0.2, 0.25) is 0 Å². The van der Waals surface area contributed by atoms with E-state index in [4.69, 9.17) is 12.2 Å². The molecule has 1 saturated heterocycles. The molecule has 4 aliphatic carbocycles. The molecule has 6 aromatic rings. The van der Waals surface area contributed by atoms with Gasteiger partial charge in [-0.25, -0.2) is 4.58 Å². The molecule has 1 heterocycles. The Kier molecular flexibility index (Phi) is 9.65. The van der Waals surface area contributed by atoms with Gasteiger partial charge in [-0.3, -0.25) is 0 Å². The average molecular weight is 846 g/mol. The molecule has 6 aromatic carbocycles. The lowest BCUT2D eigenvalue weighted by Crippen LogP contribution is -2.50. The summed E-state index contributed by atoms with van der Waals surface area (Å²) in [6.07, 6.45) is 6.36. The highest BCUT2D eigenvalue weighted by Crippen LogP contribution is 2.69. The first kappa shape index (κ1) is 38.2. The molecule has 0 radical (unpaired) electrons. The topological polar surface area (TPSA) is 6.25 Å². The van der Waals surface area contributed by atoms with Crippen LogP contribution in [0, 0.1) is 17.3 Å². The van der Waals surface area contributed by atoms with Crippen molar-refractivity contribution >= 4 is 101 Å². The first-order valence-corrected chi connectivity index (χ1v) is 23.6. The Labute approximate surface area is 365 Å². The maximum atomic E-state index is 5.90. The number of thiocarbonyl (C=S) groups is 1. The fraction of sp³-hybridized carbons (Fsp3) is 0.216. The van der Waals surface area contributed by atoms with Gasteiger partial charge in [0.25, 0.3) is 4.38 Å². The van der Waals surface area contributed by atoms with E-state index in [9.17, 15) is 0 Å². The smallest absolute Gasteiger partial charge is 0.273 e. The lowest BCUT2D eigenvalue weighted by atomic mass is 9.47. The molecule has 0 aromatic heterocycles. The van der Waals surface area contributed by atoms with Crippen LogP contribution in [0.4, 0.5) is 0 Å². The zero-order valence-electron chi connectivity index (χ0n) is 33.6. The third kappa shape index (κ3) is 6.02. The van der Waals surface area contributed by atoms with Crippen LogP contribution >= 0.6 is 59.3 Å². The van der Waals surface area contributed by atoms with Crippen molar-refractivity contribution in [2.45, 2.75) is 34.1 Å². The average Bonchev–Trinajstić information content (AvgIpc) is 3.22. The Hall–Kier alpha value is -3.98. The summed E-state index contributed by atoms with van der Waals surface area (Å²) in [5, 5.41) is 5.04. The maximum absolute atomic E-state index is 5.90. The van der Waals surface area contributed by atoms with Gasteiger partial charge in [0.05, 0.1) is 0 Å². The molecule has 1 spiro atoms. The van der Waals surface area contributed by atoms with Crippen LogP contribution < -0.4 is 0 Å². The van der Waals surface area contributed by atoms with E-state index in [0.29, 0.717) is 11.8 Å². The van der Waals surface area contributed by atoms with Gasteiger partial charge in [0.1, 0.15) is 22.5 Å². The molecule has 2 nitrogen and oxygen atoms in total. The van der Waals surface area contributed by atoms with E-state index in [1.165, 1.54) is 85.2 Å². The Morgan fingerprint density at radius 1 is 0.707 bits per heavy atom. The zero-order chi connectivity index (χ0) is 39.9. The first-order valence-electron chi connectivity index (χ1n) is 19.9. The van der Waals surface area contributed by atoms with E-state index >= 15 is 0 Å². The number of allylic oxidation sites excluding steroid dienone is 3. The fourth-order valence-corrected chi connectivity index (χ4v) is 14.9. The third-order valence-corrected chi connectivity index (χ3v) is 19.1. The predicted octanol–water partition coefficient (Wildman–Crippen LogP) is 13.8. The summed E-state index contributed by atoms with van der Waals surface area (Å²) in [6.45, 7) is 5.02. The van der Waals surface area contributed by atoms with Crippen molar-refractivity contribution in [1.29, 1.82) is 0 Å². The van der Waals surface area contributed by atoms with Gasteiger partial charge in [0.15, 0.2) is 0 Å². The highest BCUT2D eigenvalue weighted by Gasteiger charge is 2.57. The van der Waals surface area contributed by atoms with Crippen LogP contribution in [0.2, 0.25) is 0 Å². The van der Waals surface area contributed by atoms with E-state index in [1.807, 2.05) is 54.3 Å². The van der Waals surface area contributed by atoms with Gasteiger partial charge in [-0.05, 0) is 138 Å². The van der Waals surface area contributed by atoms with Crippen LogP contribution in [0.15, 0.2) is 159 Å². The van der Waals surface area contributed by atoms with Crippen molar-refractivity contribution in [3.05, 3.63) is 177 Å². The standard InChI is InChI=1S/C51H45N2S5/c1-50(2)44-30-45(50)41(29-39-34-22-14-16-26-42(34)51(57-49(58-51)53(5)6)43-27-17-15-23-35(39)43)47(55-31-18-8-7-9-19-31)40(44)28-38-32-20-10-12-24-36(32)46(56-48(54)52(3)4)37-25-13-11-21-33(37)38/h7-29,44-45H,30H2,1-6H3/q+1/b40-28-/t44-,45+/m1/s1. The summed E-state index contributed by atoms with van der Waals surface area (Å²) in [4.78, 5) is 5.95. The van der Waals surface area contributed by atoms with Crippen molar-refractivity contribution < 1.29 is 4.58 Å². The number of rotatable bonds is 5. The minimum atomic E-state index is -0.151. The normalized spacial score (nSPS) is 22.1. The van der Waals surface area contributed by atoms with Gasteiger partial charge < -0.3 is 4.90 Å². The molecule has 2 atom stereocenters. The molecular formula is C51H45N2S5+. The number of nitrogens with zero attached hydrogens (tertiary/aromatic N) is 2. The molecule has 0 N–H and O–H groups in total. The van der Waals surface area contributed by atoms with Crippen LogP contribution in [0.25, 0.3) is 33.2 Å². The Morgan fingerprint density at radius 2 is 1.24 bits per heavy atom. The lowest BCUT2D eigenvalue weighted by molar-refractivity contribution is -0.458. The molecule has 5 aliphatic rings. The second-order valence-corrected chi connectivity index (χ2v) is 22.3. The number of hydrogen-bond donors (Lipinski definition) is 0. The molecule has 0 unspecified atom stereocenters. The van der Waals surface area contributed by atoms with Crippen molar-refractivity contribution in [3.8, 4) is 0 Å². The Morgan fingerprint density at radius 3 is 1.79 bits per heavy atom. The van der Waals surface area contributed by atoms with E-state index in [2.05, 4.69) is 172 Å². The van der Waals surface area contributed by atoms with Crippen molar-refractivity contribution in [2.24, 2.45) is 17.3 Å². The van der Waals surface area contributed by atoms with Crippen LogP contribution in [0.3, 0.4) is 0 Å². The van der Waals surface area contributed by atoms with E-state index < -0.39 is 0 Å². The zero-order valence-corrected chi connectivity index (χ0v) is 37.7. The second kappa shape index (κ2) is 14.6. The minimum Gasteiger partial charge on any atom is -0.363 e. The van der Waals surface area contributed by atoms with Gasteiger partial charge in [-0.15, -0.1) is 0 Å². The number of fused-ring (bicyclic) bond motifs is 7. The number of hydrogen-bond acceptors (Lipinski definition) is 5. The van der Waals surface area contributed by atoms with E-state index in [1.54, 1.807) is 11.8 Å². The van der Waals surface area contributed by atoms with Crippen LogP contribution in [0.5, 0.6) is 0 Å². The van der Waals surface area contributed by atoms with Gasteiger partial charge >= 0.3 is 0 Å². The fourth-order valence-electron chi connectivity index (χ4n) is 9.51. The molecule has 58 heavy (non-hydrogen) atoms. The monoisotopic (exact) mass is 845 g/mol. The first-order chi connectivity index (χ1) is 28.1. The summed E-state index contributed by atoms with van der Waals surface area (Å²) >= 11 is 13.6. The highest BCUT2D eigenvalue weighted by atomic mass is 32.3. The Bertz CT molecular complexity index is 2710. The van der Waals surface area contributed by atoms with Crippen molar-refractivity contribution in [2.75, 3.05) is 28.2 Å². The van der Waals surface area contributed by atoms with Crippen LogP contribution in [-0.4, -0.2) is 46.4 Å². The van der Waals surface area contributed by atoms with Gasteiger partial charge in [-0.1, -0.05) is 165 Å². The number of thioether (sulfide) groups is 4. The maximum Gasteiger partial charge on any atom is 0.273 e. The molecule has 1 saturated carbocycles. The molecule has 0 amide bonds. The summed E-state index contributed by atoms with van der Waals surface area (Å²) in [6, 6.07) is 47.3. The highest BCUT2D eigenvalue weighted by molar-refractivity contribution is 8.53. The Balaban J connectivity index is 1.24. The summed E-state index contributed by atoms with van der Waals surface area (Å²) in [7, 11) is 8.39. The summed E-state index contributed by atoms with van der Waals surface area (Å²) in [5.74, 6) is 0.889. The van der Waals surface area contributed by atoms with E-state index in [-0.39, 0.29) is 9.49 Å². The molecule has 7 heteroatoms.